The summed E-state index contributed by atoms with van der Waals surface area (Å²) in [6.07, 6.45) is -4.02. The highest BCUT2D eigenvalue weighted by atomic mass is 19.4. The third kappa shape index (κ3) is 4.16. The number of nitrogens with zero attached hydrogens (tertiary/aromatic N) is 2. The van der Waals surface area contributed by atoms with Gasteiger partial charge in [-0.2, -0.15) is 18.4 Å². The number of ether oxygens (including phenoxy) is 1. The summed E-state index contributed by atoms with van der Waals surface area (Å²) in [5, 5.41) is 11.6. The quantitative estimate of drug-likeness (QED) is 0.843. The van der Waals surface area contributed by atoms with E-state index >= 15 is 0 Å². The first-order valence-electron chi connectivity index (χ1n) is 7.19. The number of rotatable bonds is 4. The van der Waals surface area contributed by atoms with Crippen LogP contribution in [-0.4, -0.2) is 24.0 Å². The summed E-state index contributed by atoms with van der Waals surface area (Å²) in [5.74, 6) is -2.99. The van der Waals surface area contributed by atoms with Gasteiger partial charge in [-0.25, -0.2) is 4.79 Å². The zero-order valence-corrected chi connectivity index (χ0v) is 13.4. The number of amides is 1. The summed E-state index contributed by atoms with van der Waals surface area (Å²) in [6.45, 7) is 0. The predicted molar refractivity (Wildman–Crippen MR) is 84.0 cm³/mol. The Kier molecular flexibility index (Phi) is 5.57. The second kappa shape index (κ2) is 7.65. The van der Waals surface area contributed by atoms with Crippen molar-refractivity contribution in [2.75, 3.05) is 12.4 Å². The SMILES string of the molecule is COC(=O)c1ccccc1NC(=O)[C@@H](C#N)c1ccc(C(F)(F)F)cn1. The minimum atomic E-state index is -4.57. The van der Waals surface area contributed by atoms with E-state index in [0.717, 1.165) is 12.1 Å². The number of alkyl halides is 3. The van der Waals surface area contributed by atoms with Crippen LogP contribution in [0.2, 0.25) is 0 Å². The number of hydrogen-bond donors (Lipinski definition) is 1. The van der Waals surface area contributed by atoms with E-state index in [9.17, 15) is 28.0 Å². The number of benzene rings is 1. The first kappa shape index (κ1) is 18.9. The number of para-hydroxylation sites is 1. The molecule has 2 rings (SSSR count). The molecule has 1 amide bonds. The molecule has 0 aliphatic rings. The highest BCUT2D eigenvalue weighted by Gasteiger charge is 2.31. The molecule has 0 bridgehead atoms. The van der Waals surface area contributed by atoms with Crippen LogP contribution in [-0.2, 0) is 15.7 Å². The van der Waals surface area contributed by atoms with Crippen molar-refractivity contribution < 1.29 is 27.5 Å². The van der Waals surface area contributed by atoms with Crippen molar-refractivity contribution in [3.8, 4) is 6.07 Å². The maximum absolute atomic E-state index is 12.6. The van der Waals surface area contributed by atoms with Gasteiger partial charge in [0.15, 0.2) is 5.92 Å². The fraction of sp³-hybridized carbons (Fsp3) is 0.176. The lowest BCUT2D eigenvalue weighted by Gasteiger charge is -2.13. The lowest BCUT2D eigenvalue weighted by Crippen LogP contribution is -2.22. The van der Waals surface area contributed by atoms with Gasteiger partial charge >= 0.3 is 12.1 Å². The van der Waals surface area contributed by atoms with E-state index in [1.54, 1.807) is 18.2 Å². The summed E-state index contributed by atoms with van der Waals surface area (Å²) in [5.41, 5.74) is -0.958. The molecule has 0 spiro atoms. The molecule has 0 fully saturated rings. The lowest BCUT2D eigenvalue weighted by atomic mass is 10.0. The van der Waals surface area contributed by atoms with E-state index in [2.05, 4.69) is 15.0 Å². The second-order valence-corrected chi connectivity index (χ2v) is 5.06. The molecule has 26 heavy (non-hydrogen) atoms. The Hall–Kier alpha value is -3.41. The Labute approximate surface area is 146 Å². The molecule has 0 saturated carbocycles. The topological polar surface area (TPSA) is 92.1 Å². The molecule has 0 aliphatic heterocycles. The number of nitriles is 1. The van der Waals surface area contributed by atoms with Gasteiger partial charge in [0, 0.05) is 6.20 Å². The molecule has 1 atom stereocenters. The van der Waals surface area contributed by atoms with Gasteiger partial charge in [-0.3, -0.25) is 9.78 Å². The number of carbonyl (C=O) groups excluding carboxylic acids is 2. The molecular formula is C17H12F3N3O3. The van der Waals surface area contributed by atoms with Gasteiger partial charge in [0.05, 0.1) is 35.7 Å². The Morgan fingerprint density at radius 2 is 1.92 bits per heavy atom. The largest absolute Gasteiger partial charge is 0.465 e. The monoisotopic (exact) mass is 363 g/mol. The third-order valence-electron chi connectivity index (χ3n) is 3.39. The molecule has 1 aromatic heterocycles. The Morgan fingerprint density at radius 3 is 2.46 bits per heavy atom. The molecule has 0 unspecified atom stereocenters. The Balaban J connectivity index is 2.26. The van der Waals surface area contributed by atoms with Crippen LogP contribution in [0, 0.1) is 11.3 Å². The Morgan fingerprint density at radius 1 is 1.23 bits per heavy atom. The molecule has 0 radical (unpaired) electrons. The number of carbonyl (C=O) groups is 2. The van der Waals surface area contributed by atoms with Gasteiger partial charge < -0.3 is 10.1 Å². The predicted octanol–water partition coefficient (Wildman–Crippen LogP) is 3.13. The van der Waals surface area contributed by atoms with Crippen LogP contribution in [0.15, 0.2) is 42.6 Å². The molecule has 9 heteroatoms. The first-order chi connectivity index (χ1) is 12.3. The molecule has 1 heterocycles. The van der Waals surface area contributed by atoms with Crippen molar-refractivity contribution in [1.82, 2.24) is 4.98 Å². The van der Waals surface area contributed by atoms with Crippen LogP contribution in [0.5, 0.6) is 0 Å². The minimum Gasteiger partial charge on any atom is -0.465 e. The van der Waals surface area contributed by atoms with Gasteiger partial charge in [0.1, 0.15) is 0 Å². The van der Waals surface area contributed by atoms with E-state index in [0.29, 0.717) is 6.20 Å². The van der Waals surface area contributed by atoms with Crippen LogP contribution in [0.1, 0.15) is 27.5 Å². The molecule has 134 valence electrons. The van der Waals surface area contributed by atoms with Gasteiger partial charge in [0.25, 0.3) is 0 Å². The number of pyridine rings is 1. The van der Waals surface area contributed by atoms with E-state index in [1.807, 2.05) is 0 Å². The van der Waals surface area contributed by atoms with Crippen LogP contribution in [0.25, 0.3) is 0 Å². The van der Waals surface area contributed by atoms with Crippen molar-refractivity contribution in [3.63, 3.8) is 0 Å². The number of esters is 1. The smallest absolute Gasteiger partial charge is 0.417 e. The summed E-state index contributed by atoms with van der Waals surface area (Å²) >= 11 is 0. The van der Waals surface area contributed by atoms with E-state index < -0.39 is 29.5 Å². The lowest BCUT2D eigenvalue weighted by molar-refractivity contribution is -0.137. The van der Waals surface area contributed by atoms with Crippen molar-refractivity contribution in [2.24, 2.45) is 0 Å². The van der Waals surface area contributed by atoms with Gasteiger partial charge in [-0.15, -0.1) is 0 Å². The minimum absolute atomic E-state index is 0.0698. The maximum atomic E-state index is 12.6. The first-order valence-corrected chi connectivity index (χ1v) is 7.19. The highest BCUT2D eigenvalue weighted by Crippen LogP contribution is 2.29. The number of anilines is 1. The summed E-state index contributed by atoms with van der Waals surface area (Å²) < 4.78 is 42.3. The standard InChI is InChI=1S/C17H12F3N3O3/c1-26-16(25)11-4-2-3-5-14(11)23-15(24)12(8-21)13-7-6-10(9-22-13)17(18,19)20/h2-7,9,12H,1H3,(H,23,24)/t12-/m0/s1. The molecule has 0 aliphatic carbocycles. The molecule has 2 aromatic rings. The summed E-state index contributed by atoms with van der Waals surface area (Å²) in [7, 11) is 1.17. The number of methoxy groups -OCH3 is 1. The summed E-state index contributed by atoms with van der Waals surface area (Å²) in [4.78, 5) is 27.6. The fourth-order valence-corrected chi connectivity index (χ4v) is 2.09. The molecule has 6 nitrogen and oxygen atoms in total. The number of hydrogen-bond acceptors (Lipinski definition) is 5. The van der Waals surface area contributed by atoms with E-state index in [-0.39, 0.29) is 16.9 Å². The zero-order valence-electron chi connectivity index (χ0n) is 13.4. The molecule has 1 N–H and O–H groups in total. The molecule has 0 saturated heterocycles. The normalized spacial score (nSPS) is 12.0. The average Bonchev–Trinajstić information content (AvgIpc) is 2.62. The average molecular weight is 363 g/mol. The Bertz CT molecular complexity index is 858. The van der Waals surface area contributed by atoms with Crippen LogP contribution >= 0.6 is 0 Å². The number of halogens is 3. The number of aromatic nitrogens is 1. The highest BCUT2D eigenvalue weighted by molar-refractivity contribution is 6.03. The van der Waals surface area contributed by atoms with Crippen molar-refractivity contribution in [1.29, 1.82) is 5.26 Å². The van der Waals surface area contributed by atoms with Crippen LogP contribution in [0.4, 0.5) is 18.9 Å². The molecule has 1 aromatic carbocycles. The van der Waals surface area contributed by atoms with Gasteiger partial charge in [0.2, 0.25) is 5.91 Å². The van der Waals surface area contributed by atoms with Gasteiger partial charge in [-0.05, 0) is 24.3 Å². The summed E-state index contributed by atoms with van der Waals surface area (Å²) in [6, 6.07) is 9.34. The van der Waals surface area contributed by atoms with E-state index in [4.69, 9.17) is 0 Å². The molecular weight excluding hydrogens is 351 g/mol. The van der Waals surface area contributed by atoms with E-state index in [1.165, 1.54) is 19.2 Å². The van der Waals surface area contributed by atoms with Crippen molar-refractivity contribution in [3.05, 3.63) is 59.4 Å². The second-order valence-electron chi connectivity index (χ2n) is 5.06. The van der Waals surface area contributed by atoms with Crippen LogP contribution < -0.4 is 5.32 Å². The fourth-order valence-electron chi connectivity index (χ4n) is 2.09. The van der Waals surface area contributed by atoms with Crippen LogP contribution in [0.3, 0.4) is 0 Å². The third-order valence-corrected chi connectivity index (χ3v) is 3.39. The van der Waals surface area contributed by atoms with Gasteiger partial charge in [-0.1, -0.05) is 12.1 Å². The maximum Gasteiger partial charge on any atom is 0.417 e. The van der Waals surface area contributed by atoms with Crippen molar-refractivity contribution >= 4 is 17.6 Å². The number of nitrogens with one attached hydrogen (secondary N) is 1. The zero-order chi connectivity index (χ0) is 19.3. The van der Waals surface area contributed by atoms with Crippen molar-refractivity contribution in [2.45, 2.75) is 12.1 Å².